The van der Waals surface area contributed by atoms with Crippen LogP contribution in [0.1, 0.15) is 96.7 Å². The Morgan fingerprint density at radius 3 is 2.65 bits per heavy atom. The number of amides is 1. The predicted octanol–water partition coefficient (Wildman–Crippen LogP) is 4.28. The number of amidine groups is 1. The van der Waals surface area contributed by atoms with E-state index in [4.69, 9.17) is 41.1 Å². The second-order valence-corrected chi connectivity index (χ2v) is 14.1. The zero-order chi connectivity index (χ0) is 32.6. The van der Waals surface area contributed by atoms with E-state index >= 15 is 0 Å². The van der Waals surface area contributed by atoms with Crippen molar-refractivity contribution in [3.8, 4) is 0 Å². The maximum atomic E-state index is 12.3. The van der Waals surface area contributed by atoms with Crippen LogP contribution in [0.5, 0.6) is 0 Å². The van der Waals surface area contributed by atoms with Crippen molar-refractivity contribution >= 4 is 40.4 Å². The summed E-state index contributed by atoms with van der Waals surface area (Å²) in [6.07, 6.45) is 6.93. The number of aromatic nitrogens is 5. The van der Waals surface area contributed by atoms with Crippen LogP contribution in [0.3, 0.4) is 0 Å². The molecule has 0 aliphatic carbocycles. The summed E-state index contributed by atoms with van der Waals surface area (Å²) in [5.74, 6) is 7.43. The number of carbonyl (C=O) groups excluding carboxylic acids is 1. The molecule has 2 fully saturated rings. The largest absolute Gasteiger partial charge is 0.444 e. The molecule has 0 aromatic carbocycles. The van der Waals surface area contributed by atoms with Gasteiger partial charge in [0.15, 0.2) is 29.0 Å². The molecule has 5 N–H and O–H groups in total. The van der Waals surface area contributed by atoms with E-state index in [2.05, 4.69) is 34.1 Å². The van der Waals surface area contributed by atoms with Gasteiger partial charge in [-0.1, -0.05) is 13.8 Å². The number of anilines is 3. The standard InChI is InChI=1S/C32H47N11O3/c1-20-11-14-42(22-10-9-21(27(33)39-34)37-25(20)22)29-26-28(43(40-29)24-8-6-7-17-45-24)38-23(18-35-26)41-15-12-32(5,13-16-41)19-36-30(44)46-31(2,3)4/h9-10,18,20,24H,6-8,11-17,19,34H2,1-5H3,(H2,33,39)(H,36,44)/t20-,24?/m0/s1. The van der Waals surface area contributed by atoms with E-state index in [1.165, 1.54) is 0 Å². The highest BCUT2D eigenvalue weighted by atomic mass is 16.6. The number of ether oxygens (including phenoxy) is 2. The van der Waals surface area contributed by atoms with Crippen LogP contribution in [0.15, 0.2) is 23.4 Å². The van der Waals surface area contributed by atoms with Crippen LogP contribution < -0.4 is 26.7 Å². The summed E-state index contributed by atoms with van der Waals surface area (Å²) in [6.45, 7) is 13.6. The fraction of sp³-hybridized carbons (Fsp3) is 0.625. The lowest BCUT2D eigenvalue weighted by Gasteiger charge is -2.40. The van der Waals surface area contributed by atoms with Crippen LogP contribution in [0.2, 0.25) is 0 Å². The van der Waals surface area contributed by atoms with Crippen molar-refractivity contribution in [3.05, 3.63) is 29.7 Å². The maximum absolute atomic E-state index is 12.3. The Morgan fingerprint density at radius 1 is 1.17 bits per heavy atom. The molecule has 0 saturated carbocycles. The number of carbonyl (C=O) groups is 1. The van der Waals surface area contributed by atoms with Gasteiger partial charge in [0, 0.05) is 38.7 Å². The fourth-order valence-electron chi connectivity index (χ4n) is 6.46. The minimum Gasteiger partial charge on any atom is -0.444 e. The first-order valence-electron chi connectivity index (χ1n) is 16.4. The summed E-state index contributed by atoms with van der Waals surface area (Å²) < 4.78 is 13.6. The molecule has 0 spiro atoms. The minimum absolute atomic E-state index is 0.0385. The molecule has 3 aliphatic rings. The molecule has 3 aromatic rings. The van der Waals surface area contributed by atoms with Crippen molar-refractivity contribution in [2.75, 3.05) is 42.6 Å². The normalized spacial score (nSPS) is 22.1. The molecule has 1 amide bonds. The van der Waals surface area contributed by atoms with Gasteiger partial charge in [0.1, 0.15) is 17.1 Å². The van der Waals surface area contributed by atoms with Gasteiger partial charge < -0.3 is 36.2 Å². The van der Waals surface area contributed by atoms with Gasteiger partial charge >= 0.3 is 6.09 Å². The number of nitrogens with zero attached hydrogens (tertiary/aromatic N) is 8. The van der Waals surface area contributed by atoms with Crippen LogP contribution in [-0.2, 0) is 9.47 Å². The molecule has 6 rings (SSSR count). The van der Waals surface area contributed by atoms with Crippen molar-refractivity contribution in [1.29, 1.82) is 0 Å². The minimum atomic E-state index is -0.523. The number of nitrogens with two attached hydrogens (primary N) is 2. The summed E-state index contributed by atoms with van der Waals surface area (Å²) in [6, 6.07) is 3.85. The van der Waals surface area contributed by atoms with Gasteiger partial charge in [-0.3, -0.25) is 0 Å². The molecule has 0 bridgehead atoms. The lowest BCUT2D eigenvalue weighted by molar-refractivity contribution is -0.0368. The van der Waals surface area contributed by atoms with Crippen molar-refractivity contribution in [1.82, 2.24) is 30.0 Å². The van der Waals surface area contributed by atoms with E-state index < -0.39 is 5.60 Å². The number of pyridine rings is 1. The molecule has 3 aliphatic heterocycles. The first-order chi connectivity index (χ1) is 21.9. The fourth-order valence-corrected chi connectivity index (χ4v) is 6.46. The van der Waals surface area contributed by atoms with Crippen LogP contribution in [0, 0.1) is 5.41 Å². The third kappa shape index (κ3) is 6.53. The molecule has 1 unspecified atom stereocenters. The number of rotatable bonds is 6. The SMILES string of the molecule is C[C@H]1CCN(c2nn(C3CCCCO3)c3nc(N4CCC(C)(CNC(=O)OC(C)(C)C)CC4)cnc23)c2ccc(/C(N)=N/N)nc21. The van der Waals surface area contributed by atoms with E-state index in [1.54, 1.807) is 0 Å². The molecule has 3 aromatic heterocycles. The third-order valence-electron chi connectivity index (χ3n) is 9.26. The first kappa shape index (κ1) is 31.8. The number of alkyl carbamates (subject to hydrolysis) is 1. The first-order valence-corrected chi connectivity index (χ1v) is 16.4. The van der Waals surface area contributed by atoms with Crippen LogP contribution in [0.25, 0.3) is 11.2 Å². The lowest BCUT2D eigenvalue weighted by atomic mass is 9.80. The molecule has 248 valence electrons. The number of nitrogens with one attached hydrogen (secondary N) is 1. The zero-order valence-electron chi connectivity index (χ0n) is 27.6. The lowest BCUT2D eigenvalue weighted by Crippen LogP contribution is -2.46. The van der Waals surface area contributed by atoms with Gasteiger partial charge in [-0.15, -0.1) is 5.10 Å². The Bertz CT molecular complexity index is 1600. The van der Waals surface area contributed by atoms with Gasteiger partial charge in [-0.25, -0.2) is 24.4 Å². The highest BCUT2D eigenvalue weighted by Gasteiger charge is 2.34. The smallest absolute Gasteiger partial charge is 0.407 e. The van der Waals surface area contributed by atoms with E-state index in [-0.39, 0.29) is 29.5 Å². The highest BCUT2D eigenvalue weighted by Crippen LogP contribution is 2.41. The van der Waals surface area contributed by atoms with Gasteiger partial charge in [0.2, 0.25) is 0 Å². The van der Waals surface area contributed by atoms with Crippen molar-refractivity contribution < 1.29 is 14.3 Å². The van der Waals surface area contributed by atoms with E-state index in [0.29, 0.717) is 24.5 Å². The zero-order valence-corrected chi connectivity index (χ0v) is 27.6. The molecule has 2 atom stereocenters. The Morgan fingerprint density at radius 2 is 1.96 bits per heavy atom. The van der Waals surface area contributed by atoms with Crippen molar-refractivity contribution in [3.63, 3.8) is 0 Å². The number of piperidine rings is 1. The second kappa shape index (κ2) is 12.5. The van der Waals surface area contributed by atoms with Crippen LogP contribution in [-0.4, -0.2) is 75.0 Å². The van der Waals surface area contributed by atoms with Crippen LogP contribution in [0.4, 0.5) is 22.1 Å². The number of fused-ring (bicyclic) bond motifs is 2. The van der Waals surface area contributed by atoms with Gasteiger partial charge in [-0.2, -0.15) is 5.10 Å². The summed E-state index contributed by atoms with van der Waals surface area (Å²) in [5.41, 5.74) is 9.32. The van der Waals surface area contributed by atoms with Crippen molar-refractivity contribution in [2.45, 2.75) is 90.9 Å². The topological polar surface area (TPSA) is 175 Å². The summed E-state index contributed by atoms with van der Waals surface area (Å²) in [4.78, 5) is 31.7. The average Bonchev–Trinajstić information content (AvgIpc) is 3.42. The monoisotopic (exact) mass is 633 g/mol. The Kier molecular flexibility index (Phi) is 8.66. The summed E-state index contributed by atoms with van der Waals surface area (Å²) in [7, 11) is 0. The molecular formula is C32H47N11O3. The van der Waals surface area contributed by atoms with E-state index in [9.17, 15) is 4.79 Å². The Hall–Kier alpha value is -4.20. The number of hydrogen-bond acceptors (Lipinski definition) is 11. The molecule has 14 nitrogen and oxygen atoms in total. The number of hydrogen-bond donors (Lipinski definition) is 3. The molecule has 46 heavy (non-hydrogen) atoms. The molecular weight excluding hydrogens is 586 g/mol. The molecule has 6 heterocycles. The second-order valence-electron chi connectivity index (χ2n) is 14.1. The number of hydrazone groups is 1. The average molecular weight is 634 g/mol. The van der Waals surface area contributed by atoms with E-state index in [0.717, 1.165) is 86.7 Å². The predicted molar refractivity (Wildman–Crippen MR) is 177 cm³/mol. The molecule has 0 radical (unpaired) electrons. The molecule has 14 heteroatoms. The quantitative estimate of drug-likeness (QED) is 0.153. The van der Waals surface area contributed by atoms with Crippen molar-refractivity contribution in [2.24, 2.45) is 22.1 Å². The Labute approximate surface area is 269 Å². The van der Waals surface area contributed by atoms with Gasteiger partial charge in [-0.05, 0) is 76.8 Å². The summed E-state index contributed by atoms with van der Waals surface area (Å²) >= 11 is 0. The van der Waals surface area contributed by atoms with Crippen LogP contribution >= 0.6 is 0 Å². The summed E-state index contributed by atoms with van der Waals surface area (Å²) in [5, 5.41) is 11.7. The Balaban J connectivity index is 1.28. The van der Waals surface area contributed by atoms with Gasteiger partial charge in [0.25, 0.3) is 0 Å². The molecule has 2 saturated heterocycles. The van der Waals surface area contributed by atoms with Gasteiger partial charge in [0.05, 0.1) is 17.6 Å². The maximum Gasteiger partial charge on any atom is 0.407 e. The third-order valence-corrected chi connectivity index (χ3v) is 9.26. The van der Waals surface area contributed by atoms with E-state index in [1.807, 2.05) is 43.8 Å². The highest BCUT2D eigenvalue weighted by molar-refractivity contribution is 5.96.